The second-order valence-corrected chi connectivity index (χ2v) is 5.63. The lowest BCUT2D eigenvalue weighted by molar-refractivity contribution is -0.120. The van der Waals surface area contributed by atoms with Gasteiger partial charge in [0.2, 0.25) is 5.91 Å². The molecule has 1 amide bonds. The molecule has 1 unspecified atom stereocenters. The lowest BCUT2D eigenvalue weighted by Gasteiger charge is -2.17. The van der Waals surface area contributed by atoms with Crippen LogP contribution < -0.4 is 11.1 Å². The normalized spacial score (nSPS) is 16.2. The number of carbonyl (C=O) groups excluding carboxylic acids is 1. The van der Waals surface area contributed by atoms with E-state index >= 15 is 0 Å². The van der Waals surface area contributed by atoms with Crippen molar-refractivity contribution in [2.75, 3.05) is 6.54 Å². The van der Waals surface area contributed by atoms with Gasteiger partial charge >= 0.3 is 0 Å². The summed E-state index contributed by atoms with van der Waals surface area (Å²) in [5, 5.41) is 4.72. The number of rotatable bonds is 5. The summed E-state index contributed by atoms with van der Waals surface area (Å²) in [5.41, 5.74) is 7.06. The van der Waals surface area contributed by atoms with Gasteiger partial charge in [-0.2, -0.15) is 0 Å². The molecule has 0 spiro atoms. The molecule has 20 heavy (non-hydrogen) atoms. The molecule has 104 valence electrons. The number of halogens is 1. The lowest BCUT2D eigenvalue weighted by atomic mass is 10.0. The summed E-state index contributed by atoms with van der Waals surface area (Å²) in [4.78, 5) is 16.1. The van der Waals surface area contributed by atoms with Crippen LogP contribution >= 0.6 is 11.6 Å². The zero-order valence-electron chi connectivity index (χ0n) is 11.0. The molecule has 1 aromatic carbocycles. The molecule has 4 nitrogen and oxygen atoms in total. The summed E-state index contributed by atoms with van der Waals surface area (Å²) >= 11 is 6.17. The quantitative estimate of drug-likeness (QED) is 0.888. The number of aromatic nitrogens is 1. The maximum atomic E-state index is 11.8. The van der Waals surface area contributed by atoms with E-state index in [-0.39, 0.29) is 5.91 Å². The molecule has 1 aromatic heterocycles. The Bertz CT molecular complexity index is 655. The Kier molecular flexibility index (Phi) is 3.59. The predicted octanol–water partition coefficient (Wildman–Crippen LogP) is 2.41. The van der Waals surface area contributed by atoms with E-state index in [9.17, 15) is 4.79 Å². The average Bonchev–Trinajstić information content (AvgIpc) is 3.25. The zero-order chi connectivity index (χ0) is 14.1. The standard InChI is InChI=1S/C15H16ClN3O/c16-12-6-5-11(13-10(12)2-1-7-18-13)14(15(17)20)19-8-9-3-4-9/h1-2,5-7,9,14,19H,3-4,8H2,(H2,17,20). The van der Waals surface area contributed by atoms with Crippen LogP contribution in [0.1, 0.15) is 24.4 Å². The number of benzene rings is 1. The third-order valence-corrected chi connectivity index (χ3v) is 3.98. The van der Waals surface area contributed by atoms with Crippen LogP contribution in [0, 0.1) is 5.92 Å². The molecule has 1 fully saturated rings. The van der Waals surface area contributed by atoms with Gasteiger partial charge in [-0.25, -0.2) is 0 Å². The maximum absolute atomic E-state index is 11.8. The highest BCUT2D eigenvalue weighted by Crippen LogP contribution is 2.31. The van der Waals surface area contributed by atoms with Gasteiger partial charge in [-0.1, -0.05) is 17.7 Å². The van der Waals surface area contributed by atoms with E-state index in [1.54, 1.807) is 12.3 Å². The highest BCUT2D eigenvalue weighted by Gasteiger charge is 2.26. The summed E-state index contributed by atoms with van der Waals surface area (Å²) in [6.07, 6.45) is 4.14. The van der Waals surface area contributed by atoms with Crippen LogP contribution in [-0.2, 0) is 4.79 Å². The van der Waals surface area contributed by atoms with Crippen molar-refractivity contribution < 1.29 is 4.79 Å². The Morgan fingerprint density at radius 3 is 2.95 bits per heavy atom. The minimum Gasteiger partial charge on any atom is -0.368 e. The van der Waals surface area contributed by atoms with Crippen LogP contribution in [0.2, 0.25) is 5.02 Å². The lowest BCUT2D eigenvalue weighted by Crippen LogP contribution is -2.35. The number of nitrogens with two attached hydrogens (primary N) is 1. The number of hydrogen-bond donors (Lipinski definition) is 2. The average molecular weight is 290 g/mol. The van der Waals surface area contributed by atoms with Gasteiger partial charge in [0.15, 0.2) is 0 Å². The van der Waals surface area contributed by atoms with Crippen molar-refractivity contribution in [3.8, 4) is 0 Å². The Morgan fingerprint density at radius 2 is 2.25 bits per heavy atom. The van der Waals surface area contributed by atoms with Gasteiger partial charge in [0.1, 0.15) is 6.04 Å². The monoisotopic (exact) mass is 289 g/mol. The number of nitrogens with zero attached hydrogens (tertiary/aromatic N) is 1. The number of primary amides is 1. The van der Waals surface area contributed by atoms with Crippen LogP contribution in [0.15, 0.2) is 30.5 Å². The summed E-state index contributed by atoms with van der Waals surface area (Å²) in [6.45, 7) is 0.810. The second-order valence-electron chi connectivity index (χ2n) is 5.22. The van der Waals surface area contributed by atoms with E-state index in [0.717, 1.165) is 23.0 Å². The Hall–Kier alpha value is -1.65. The van der Waals surface area contributed by atoms with Crippen LogP contribution in [0.4, 0.5) is 0 Å². The first-order valence-electron chi connectivity index (χ1n) is 6.72. The maximum Gasteiger partial charge on any atom is 0.239 e. The van der Waals surface area contributed by atoms with Crippen molar-refractivity contribution in [3.63, 3.8) is 0 Å². The molecule has 0 aliphatic heterocycles. The first kappa shape index (κ1) is 13.3. The number of amides is 1. The Balaban J connectivity index is 2.01. The highest BCUT2D eigenvalue weighted by molar-refractivity contribution is 6.35. The molecular weight excluding hydrogens is 274 g/mol. The van der Waals surface area contributed by atoms with Crippen molar-refractivity contribution in [1.82, 2.24) is 10.3 Å². The van der Waals surface area contributed by atoms with E-state index in [1.165, 1.54) is 12.8 Å². The SMILES string of the molecule is NC(=O)C(NCC1CC1)c1ccc(Cl)c2cccnc12. The topological polar surface area (TPSA) is 68.0 Å². The molecule has 1 saturated carbocycles. The molecule has 3 rings (SSSR count). The molecule has 0 saturated heterocycles. The molecule has 3 N–H and O–H groups in total. The molecular formula is C15H16ClN3O. The minimum atomic E-state index is -0.523. The molecule has 5 heteroatoms. The van der Waals surface area contributed by atoms with E-state index in [4.69, 9.17) is 17.3 Å². The van der Waals surface area contributed by atoms with Crippen LogP contribution in [-0.4, -0.2) is 17.4 Å². The van der Waals surface area contributed by atoms with Crippen molar-refractivity contribution in [1.29, 1.82) is 0 Å². The fourth-order valence-corrected chi connectivity index (χ4v) is 2.58. The van der Waals surface area contributed by atoms with Gasteiger partial charge in [-0.05, 0) is 43.5 Å². The molecule has 1 heterocycles. The number of carbonyl (C=O) groups is 1. The number of fused-ring (bicyclic) bond motifs is 1. The third kappa shape index (κ3) is 2.62. The molecule has 1 aliphatic carbocycles. The number of nitrogens with one attached hydrogen (secondary N) is 1. The van der Waals surface area contributed by atoms with E-state index in [1.807, 2.05) is 18.2 Å². The predicted molar refractivity (Wildman–Crippen MR) is 79.4 cm³/mol. The van der Waals surface area contributed by atoms with Crippen LogP contribution in [0.25, 0.3) is 10.9 Å². The van der Waals surface area contributed by atoms with Gasteiger partial charge in [0.05, 0.1) is 5.52 Å². The first-order chi connectivity index (χ1) is 9.66. The molecule has 1 aliphatic rings. The zero-order valence-corrected chi connectivity index (χ0v) is 11.7. The summed E-state index contributed by atoms with van der Waals surface area (Å²) in [5.74, 6) is 0.281. The number of pyridine rings is 1. The highest BCUT2D eigenvalue weighted by atomic mass is 35.5. The fraction of sp³-hybridized carbons (Fsp3) is 0.333. The fourth-order valence-electron chi connectivity index (χ4n) is 2.36. The number of hydrogen-bond acceptors (Lipinski definition) is 3. The van der Waals surface area contributed by atoms with Crippen molar-refractivity contribution >= 4 is 28.4 Å². The van der Waals surface area contributed by atoms with Crippen LogP contribution in [0.5, 0.6) is 0 Å². The van der Waals surface area contributed by atoms with Crippen molar-refractivity contribution in [2.45, 2.75) is 18.9 Å². The van der Waals surface area contributed by atoms with Gasteiger partial charge in [0.25, 0.3) is 0 Å². The summed E-state index contributed by atoms with van der Waals surface area (Å²) in [7, 11) is 0. The third-order valence-electron chi connectivity index (χ3n) is 3.65. The van der Waals surface area contributed by atoms with Gasteiger partial charge in [-0.3, -0.25) is 9.78 Å². The summed E-state index contributed by atoms with van der Waals surface area (Å²) in [6, 6.07) is 6.82. The first-order valence-corrected chi connectivity index (χ1v) is 7.10. The molecule has 2 aromatic rings. The molecule has 0 bridgehead atoms. The van der Waals surface area contributed by atoms with Gasteiger partial charge in [0, 0.05) is 22.2 Å². The van der Waals surface area contributed by atoms with Crippen LogP contribution in [0.3, 0.4) is 0 Å². The second kappa shape index (κ2) is 5.38. The Morgan fingerprint density at radius 1 is 1.45 bits per heavy atom. The van der Waals surface area contributed by atoms with E-state index in [2.05, 4.69) is 10.3 Å². The van der Waals surface area contributed by atoms with Gasteiger partial charge < -0.3 is 11.1 Å². The Labute approximate surface area is 122 Å². The largest absolute Gasteiger partial charge is 0.368 e. The molecule has 0 radical (unpaired) electrons. The van der Waals surface area contributed by atoms with E-state index < -0.39 is 6.04 Å². The van der Waals surface area contributed by atoms with Crippen molar-refractivity contribution in [3.05, 3.63) is 41.0 Å². The van der Waals surface area contributed by atoms with E-state index in [0.29, 0.717) is 10.9 Å². The minimum absolute atomic E-state index is 0.389. The smallest absolute Gasteiger partial charge is 0.239 e. The van der Waals surface area contributed by atoms with Gasteiger partial charge in [-0.15, -0.1) is 0 Å². The van der Waals surface area contributed by atoms with Crippen molar-refractivity contribution in [2.24, 2.45) is 11.7 Å². The summed E-state index contributed by atoms with van der Waals surface area (Å²) < 4.78 is 0. The molecule has 1 atom stereocenters.